The number of nitrogens with one attached hydrogen (secondary N) is 1. The zero-order valence-corrected chi connectivity index (χ0v) is 22.3. The molecule has 206 valence electrons. The Morgan fingerprint density at radius 1 is 1.10 bits per heavy atom. The zero-order chi connectivity index (χ0) is 28.7. The number of nitrogens with two attached hydrogens (primary N) is 1. The maximum atomic E-state index is 12.5. The van der Waals surface area contributed by atoms with Gasteiger partial charge >= 0.3 is 6.36 Å². The van der Waals surface area contributed by atoms with Gasteiger partial charge < -0.3 is 15.4 Å². The molecule has 0 radical (unpaired) electrons. The van der Waals surface area contributed by atoms with E-state index in [4.69, 9.17) is 5.73 Å². The van der Waals surface area contributed by atoms with E-state index < -0.39 is 6.36 Å². The smallest absolute Gasteiger partial charge is 0.406 e. The average Bonchev–Trinajstić information content (AvgIpc) is 3.29. The van der Waals surface area contributed by atoms with Gasteiger partial charge in [-0.3, -0.25) is 9.69 Å². The van der Waals surface area contributed by atoms with Crippen molar-refractivity contribution >= 4 is 58.3 Å². The molecule has 0 bridgehead atoms. The van der Waals surface area contributed by atoms with Crippen LogP contribution in [0.5, 0.6) is 5.75 Å². The van der Waals surface area contributed by atoms with Gasteiger partial charge in [0.2, 0.25) is 18.1 Å². The highest BCUT2D eigenvalue weighted by Gasteiger charge is 2.31. The highest BCUT2D eigenvalue weighted by atomic mass is 32.2. The molecule has 0 atom stereocenters. The zero-order valence-electron chi connectivity index (χ0n) is 21.5. The monoisotopic (exact) mass is 568 g/mol. The van der Waals surface area contributed by atoms with Crippen LogP contribution in [0.15, 0.2) is 88.0 Å². The van der Waals surface area contributed by atoms with E-state index in [1.807, 2.05) is 43.3 Å². The van der Waals surface area contributed by atoms with E-state index in [-0.39, 0.29) is 11.7 Å². The minimum atomic E-state index is -4.75. The number of aliphatic imine (C=N–C) groups is 1. The third-order valence-electron chi connectivity index (χ3n) is 5.45. The van der Waals surface area contributed by atoms with Crippen molar-refractivity contribution in [3.63, 3.8) is 0 Å². The molecule has 1 amide bonds. The molecule has 3 aromatic carbocycles. The molecule has 0 aromatic heterocycles. The Kier molecular flexibility index (Phi) is 8.84. The molecule has 13 heteroatoms. The lowest BCUT2D eigenvalue weighted by atomic mass is 10.1. The van der Waals surface area contributed by atoms with Crippen LogP contribution >= 0.6 is 11.8 Å². The fourth-order valence-corrected chi connectivity index (χ4v) is 4.31. The summed E-state index contributed by atoms with van der Waals surface area (Å²) in [4.78, 5) is 23.0. The van der Waals surface area contributed by atoms with Crippen molar-refractivity contribution in [1.82, 2.24) is 0 Å². The number of ether oxygens (including phenoxy) is 1. The minimum absolute atomic E-state index is 0.0613. The van der Waals surface area contributed by atoms with Crippen LogP contribution in [0, 0.1) is 0 Å². The average molecular weight is 569 g/mol. The van der Waals surface area contributed by atoms with Gasteiger partial charge in [-0.2, -0.15) is 5.10 Å². The summed E-state index contributed by atoms with van der Waals surface area (Å²) in [5.41, 5.74) is 9.64. The molecule has 0 spiro atoms. The van der Waals surface area contributed by atoms with Gasteiger partial charge in [0.25, 0.3) is 0 Å². The summed E-state index contributed by atoms with van der Waals surface area (Å²) >= 11 is 1.33. The fourth-order valence-electron chi connectivity index (χ4n) is 3.49. The third-order valence-corrected chi connectivity index (χ3v) is 6.36. The number of halogens is 3. The van der Waals surface area contributed by atoms with Gasteiger partial charge in [0.1, 0.15) is 11.4 Å². The van der Waals surface area contributed by atoms with Gasteiger partial charge in [0, 0.05) is 25.3 Å². The second-order valence-electron chi connectivity index (χ2n) is 8.54. The maximum Gasteiger partial charge on any atom is 0.573 e. The van der Waals surface area contributed by atoms with Crippen LogP contribution in [0.3, 0.4) is 0 Å². The first kappa shape index (κ1) is 28.4. The van der Waals surface area contributed by atoms with Gasteiger partial charge in [0.05, 0.1) is 17.7 Å². The van der Waals surface area contributed by atoms with Crippen LogP contribution in [-0.4, -0.2) is 55.7 Å². The van der Waals surface area contributed by atoms with E-state index in [9.17, 15) is 18.0 Å². The molecule has 0 aliphatic carbocycles. The lowest BCUT2D eigenvalue weighted by Crippen LogP contribution is -2.74. The lowest BCUT2D eigenvalue weighted by Gasteiger charge is -2.18. The van der Waals surface area contributed by atoms with Crippen molar-refractivity contribution < 1.29 is 27.7 Å². The van der Waals surface area contributed by atoms with E-state index in [1.54, 1.807) is 35.4 Å². The molecule has 4 rings (SSSR count). The van der Waals surface area contributed by atoms with Crippen molar-refractivity contribution in [2.75, 3.05) is 29.6 Å². The fraction of sp³-hybridized carbons (Fsp3) is 0.148. The molecule has 9 nitrogen and oxygen atoms in total. The summed E-state index contributed by atoms with van der Waals surface area (Å²) < 4.78 is 40.6. The molecule has 1 aliphatic rings. The summed E-state index contributed by atoms with van der Waals surface area (Å²) in [6, 6.07) is 19.9. The van der Waals surface area contributed by atoms with Crippen molar-refractivity contribution in [3.05, 3.63) is 83.9 Å². The van der Waals surface area contributed by atoms with Crippen LogP contribution in [0.2, 0.25) is 0 Å². The molecule has 1 heterocycles. The van der Waals surface area contributed by atoms with Crippen molar-refractivity contribution in [2.24, 2.45) is 20.9 Å². The first-order valence-corrected chi connectivity index (χ1v) is 12.8. The molecule has 0 saturated carbocycles. The second kappa shape index (κ2) is 12.5. The number of nitrogens with zero attached hydrogens (tertiary/aromatic N) is 5. The van der Waals surface area contributed by atoms with E-state index in [0.717, 1.165) is 16.9 Å². The van der Waals surface area contributed by atoms with Gasteiger partial charge in [-0.25, -0.2) is 4.99 Å². The number of nitrogen functional groups attached to an aromatic ring is 1. The predicted molar refractivity (Wildman–Crippen MR) is 153 cm³/mol. The SMILES string of the molecule is CN(C)c1cccc(N2C(=O)CS/C2=N\N=C\c2ccc(C(N)=[NH+]C=Nc3ccc(OC(F)(F)F)cc3)cc2)c1. The topological polar surface area (TPSA) is 110 Å². The summed E-state index contributed by atoms with van der Waals surface area (Å²) in [7, 11) is 3.87. The van der Waals surface area contributed by atoms with E-state index in [0.29, 0.717) is 28.0 Å². The number of anilines is 2. The minimum Gasteiger partial charge on any atom is -0.406 e. The lowest BCUT2D eigenvalue weighted by molar-refractivity contribution is -0.303. The number of amides is 1. The molecule has 3 N–H and O–H groups in total. The van der Waals surface area contributed by atoms with Crippen molar-refractivity contribution in [2.45, 2.75) is 6.36 Å². The number of hydrogen-bond donors (Lipinski definition) is 2. The largest absolute Gasteiger partial charge is 0.573 e. The van der Waals surface area contributed by atoms with E-state index in [2.05, 4.69) is 24.9 Å². The standard InChI is InChI=1S/C27H24F3N7O2S/c1-36(2)21-4-3-5-22(14-21)37-24(38)16-40-26(37)35-34-15-18-6-8-19(9-7-18)25(31)33-17-32-20-10-12-23(13-11-20)39-27(28,29)30/h3-15,17H,16H2,1-2H3,(H2,31,32,33)/p+1/b34-15+,35-26-. The van der Waals surface area contributed by atoms with Crippen LogP contribution in [0.1, 0.15) is 11.1 Å². The van der Waals surface area contributed by atoms with Crippen LogP contribution in [0.25, 0.3) is 0 Å². The van der Waals surface area contributed by atoms with Gasteiger partial charge in [-0.1, -0.05) is 30.0 Å². The molecule has 1 saturated heterocycles. The van der Waals surface area contributed by atoms with Crippen LogP contribution in [0.4, 0.5) is 30.2 Å². The second-order valence-corrected chi connectivity index (χ2v) is 9.48. The number of rotatable bonds is 8. The number of carbonyl (C=O) groups is 1. The van der Waals surface area contributed by atoms with Crippen molar-refractivity contribution in [3.8, 4) is 5.75 Å². The Hall–Kier alpha value is -4.65. The summed E-state index contributed by atoms with van der Waals surface area (Å²) in [6.45, 7) is 0. The van der Waals surface area contributed by atoms with E-state index >= 15 is 0 Å². The third kappa shape index (κ3) is 7.69. The number of thioether (sulfide) groups is 1. The highest BCUT2D eigenvalue weighted by molar-refractivity contribution is 8.15. The molecule has 1 fully saturated rings. The van der Waals surface area contributed by atoms with Crippen molar-refractivity contribution in [1.29, 1.82) is 0 Å². The van der Waals surface area contributed by atoms with E-state index in [1.165, 1.54) is 42.4 Å². The Balaban J connectivity index is 1.38. The number of carbonyl (C=O) groups excluding carboxylic acids is 1. The molecular formula is C27H25F3N7O2S+. The quantitative estimate of drug-likeness (QED) is 0.246. The molecule has 0 unspecified atom stereocenters. The first-order valence-electron chi connectivity index (χ1n) is 11.8. The Morgan fingerprint density at radius 2 is 1.82 bits per heavy atom. The summed E-state index contributed by atoms with van der Waals surface area (Å²) in [5, 5.41) is 8.93. The number of benzene rings is 3. The van der Waals surface area contributed by atoms with Gasteiger partial charge in [-0.05, 0) is 60.2 Å². The molecule has 1 aliphatic heterocycles. The Labute approximate surface area is 232 Å². The number of hydrogen-bond acceptors (Lipinski definition) is 7. The van der Waals surface area contributed by atoms with Gasteiger partial charge in [0.15, 0.2) is 5.17 Å². The van der Waals surface area contributed by atoms with Crippen LogP contribution < -0.4 is 25.3 Å². The van der Waals surface area contributed by atoms with Gasteiger partial charge in [-0.15, -0.1) is 23.3 Å². The Bertz CT molecular complexity index is 1470. The molecule has 40 heavy (non-hydrogen) atoms. The summed E-state index contributed by atoms with van der Waals surface area (Å²) in [5.74, 6) is 0.219. The predicted octanol–water partition coefficient (Wildman–Crippen LogP) is 3.27. The highest BCUT2D eigenvalue weighted by Crippen LogP contribution is 2.29. The summed E-state index contributed by atoms with van der Waals surface area (Å²) in [6.07, 6.45) is -1.84. The molecular weight excluding hydrogens is 543 g/mol. The maximum absolute atomic E-state index is 12.5. The normalized spacial score (nSPS) is 15.5. The number of alkyl halides is 3. The Morgan fingerprint density at radius 3 is 2.50 bits per heavy atom. The molecule has 3 aromatic rings. The first-order chi connectivity index (χ1) is 19.1. The number of amidine groups is 2. The van der Waals surface area contributed by atoms with Crippen LogP contribution in [-0.2, 0) is 4.79 Å².